The van der Waals surface area contributed by atoms with E-state index in [0.717, 1.165) is 45.8 Å². The van der Waals surface area contributed by atoms with Crippen molar-refractivity contribution >= 4 is 33.7 Å². The fourth-order valence-electron chi connectivity index (χ4n) is 4.08. The van der Waals surface area contributed by atoms with Crippen molar-refractivity contribution in [2.24, 2.45) is 10.7 Å². The zero-order valence-corrected chi connectivity index (χ0v) is 17.6. The first-order chi connectivity index (χ1) is 15.0. The second-order valence-corrected chi connectivity index (χ2v) is 8.01. The molecule has 31 heavy (non-hydrogen) atoms. The van der Waals surface area contributed by atoms with Gasteiger partial charge in [0.2, 0.25) is 0 Å². The highest BCUT2D eigenvalue weighted by Gasteiger charge is 2.26. The van der Waals surface area contributed by atoms with Gasteiger partial charge in [0, 0.05) is 52.0 Å². The number of aromatic nitrogens is 2. The number of methoxy groups -OCH3 is 1. The van der Waals surface area contributed by atoms with Gasteiger partial charge in [0.1, 0.15) is 11.6 Å². The Kier molecular flexibility index (Phi) is 4.67. The Labute approximate surface area is 180 Å². The molecule has 5 rings (SSSR count). The van der Waals surface area contributed by atoms with E-state index >= 15 is 0 Å². The molecule has 7 nitrogen and oxygen atoms in total. The number of nitrogens with one attached hydrogen (secondary N) is 4. The van der Waals surface area contributed by atoms with Crippen molar-refractivity contribution in [2.45, 2.75) is 25.6 Å². The van der Waals surface area contributed by atoms with Gasteiger partial charge in [-0.05, 0) is 67.4 Å². The summed E-state index contributed by atoms with van der Waals surface area (Å²) in [6, 6.07) is 14.4. The van der Waals surface area contributed by atoms with Crippen LogP contribution in [0, 0.1) is 6.92 Å². The fourth-order valence-corrected chi connectivity index (χ4v) is 4.08. The molecule has 6 N–H and O–H groups in total. The van der Waals surface area contributed by atoms with E-state index in [1.807, 2.05) is 36.5 Å². The van der Waals surface area contributed by atoms with Crippen LogP contribution in [0.5, 0.6) is 5.75 Å². The molecule has 7 heteroatoms. The van der Waals surface area contributed by atoms with E-state index in [9.17, 15) is 0 Å². The number of hydrogen-bond acceptors (Lipinski definition) is 5. The monoisotopic (exact) mass is 414 g/mol. The highest BCUT2D eigenvalue weighted by Crippen LogP contribution is 2.26. The number of ether oxygens (including phenoxy) is 1. The van der Waals surface area contributed by atoms with Crippen LogP contribution in [0.4, 0.5) is 5.69 Å². The molecule has 0 saturated heterocycles. The van der Waals surface area contributed by atoms with E-state index in [1.54, 1.807) is 13.3 Å². The SMILES string of the molecule is COc1ccc2[nH]cc(CCC3(N)N=CC=C(Nc4ccc5[nH]c(C)cc5c4)N3)c2c1. The maximum absolute atomic E-state index is 6.58. The largest absolute Gasteiger partial charge is 0.497 e. The average Bonchev–Trinajstić information content (AvgIpc) is 3.33. The quantitative estimate of drug-likeness (QED) is 0.327. The number of aliphatic imine (C=N–C) groups is 1. The Morgan fingerprint density at radius 2 is 2.00 bits per heavy atom. The Hall–Kier alpha value is -3.71. The van der Waals surface area contributed by atoms with Crippen molar-refractivity contribution in [3.63, 3.8) is 0 Å². The van der Waals surface area contributed by atoms with E-state index in [0.29, 0.717) is 6.42 Å². The first-order valence-corrected chi connectivity index (χ1v) is 10.3. The number of hydrogen-bond donors (Lipinski definition) is 5. The number of nitrogens with zero attached hydrogens (tertiary/aromatic N) is 1. The van der Waals surface area contributed by atoms with Crippen molar-refractivity contribution in [2.75, 3.05) is 12.4 Å². The first kappa shape index (κ1) is 19.3. The Balaban J connectivity index is 1.28. The number of benzene rings is 2. The smallest absolute Gasteiger partial charge is 0.183 e. The van der Waals surface area contributed by atoms with Crippen LogP contribution in [-0.2, 0) is 6.42 Å². The number of aryl methyl sites for hydroxylation is 2. The summed E-state index contributed by atoms with van der Waals surface area (Å²) in [5, 5.41) is 9.08. The van der Waals surface area contributed by atoms with E-state index < -0.39 is 5.79 Å². The van der Waals surface area contributed by atoms with Gasteiger partial charge >= 0.3 is 0 Å². The number of nitrogens with two attached hydrogens (primary N) is 1. The summed E-state index contributed by atoms with van der Waals surface area (Å²) in [4.78, 5) is 11.2. The van der Waals surface area contributed by atoms with E-state index in [4.69, 9.17) is 10.5 Å². The Morgan fingerprint density at radius 1 is 1.13 bits per heavy atom. The highest BCUT2D eigenvalue weighted by atomic mass is 16.5. The van der Waals surface area contributed by atoms with Crippen molar-refractivity contribution in [3.05, 3.63) is 71.8 Å². The van der Waals surface area contributed by atoms with Crippen LogP contribution in [-0.4, -0.2) is 29.1 Å². The van der Waals surface area contributed by atoms with Crippen LogP contribution < -0.4 is 21.1 Å². The maximum atomic E-state index is 6.58. The van der Waals surface area contributed by atoms with Crippen LogP contribution in [0.3, 0.4) is 0 Å². The molecule has 4 aromatic rings. The van der Waals surface area contributed by atoms with Gasteiger partial charge in [-0.15, -0.1) is 0 Å². The molecule has 3 heterocycles. The topological polar surface area (TPSA) is 103 Å². The average molecular weight is 415 g/mol. The molecule has 1 aliphatic heterocycles. The first-order valence-electron chi connectivity index (χ1n) is 10.3. The summed E-state index contributed by atoms with van der Waals surface area (Å²) in [5.41, 5.74) is 12.1. The molecule has 0 spiro atoms. The molecule has 0 amide bonds. The summed E-state index contributed by atoms with van der Waals surface area (Å²) in [5.74, 6) is 0.784. The minimum absolute atomic E-state index is 0.642. The molecule has 2 aromatic carbocycles. The summed E-state index contributed by atoms with van der Waals surface area (Å²) in [6.07, 6.45) is 7.10. The third-order valence-corrected chi connectivity index (χ3v) is 5.68. The highest BCUT2D eigenvalue weighted by molar-refractivity contribution is 5.85. The Bertz CT molecular complexity index is 1310. The maximum Gasteiger partial charge on any atom is 0.183 e. The molecular weight excluding hydrogens is 388 g/mol. The number of aromatic amines is 2. The molecular formula is C24H26N6O. The lowest BCUT2D eigenvalue weighted by Crippen LogP contribution is -2.54. The minimum atomic E-state index is -0.881. The summed E-state index contributed by atoms with van der Waals surface area (Å²) in [6.45, 7) is 2.06. The van der Waals surface area contributed by atoms with Gasteiger partial charge < -0.3 is 25.3 Å². The second kappa shape index (κ2) is 7.52. The van der Waals surface area contributed by atoms with Gasteiger partial charge in [-0.2, -0.15) is 0 Å². The molecule has 1 unspecified atom stereocenters. The number of allylic oxidation sites excluding steroid dienone is 1. The van der Waals surface area contributed by atoms with Gasteiger partial charge in [0.15, 0.2) is 5.79 Å². The van der Waals surface area contributed by atoms with Crippen LogP contribution >= 0.6 is 0 Å². The van der Waals surface area contributed by atoms with Gasteiger partial charge in [-0.3, -0.25) is 10.7 Å². The van der Waals surface area contributed by atoms with Crippen molar-refractivity contribution in [1.29, 1.82) is 0 Å². The van der Waals surface area contributed by atoms with E-state index in [1.165, 1.54) is 10.9 Å². The third-order valence-electron chi connectivity index (χ3n) is 5.68. The third kappa shape index (κ3) is 3.87. The number of fused-ring (bicyclic) bond motifs is 2. The Morgan fingerprint density at radius 3 is 2.87 bits per heavy atom. The molecule has 1 aliphatic rings. The molecule has 0 radical (unpaired) electrons. The molecule has 0 aliphatic carbocycles. The predicted molar refractivity (Wildman–Crippen MR) is 126 cm³/mol. The zero-order valence-electron chi connectivity index (χ0n) is 17.6. The summed E-state index contributed by atoms with van der Waals surface area (Å²) in [7, 11) is 1.68. The number of rotatable bonds is 6. The molecule has 2 aromatic heterocycles. The molecule has 158 valence electrons. The summed E-state index contributed by atoms with van der Waals surface area (Å²) >= 11 is 0. The van der Waals surface area contributed by atoms with E-state index in [2.05, 4.69) is 50.7 Å². The van der Waals surface area contributed by atoms with Crippen LogP contribution in [0.15, 0.2) is 65.6 Å². The zero-order chi connectivity index (χ0) is 21.4. The lowest BCUT2D eigenvalue weighted by molar-refractivity contribution is 0.356. The predicted octanol–water partition coefficient (Wildman–Crippen LogP) is 4.14. The van der Waals surface area contributed by atoms with Gasteiger partial charge in [0.05, 0.1) is 7.11 Å². The normalized spacial score (nSPS) is 18.2. The molecule has 0 fully saturated rings. The van der Waals surface area contributed by atoms with Crippen LogP contribution in [0.25, 0.3) is 21.8 Å². The molecule has 1 atom stereocenters. The second-order valence-electron chi connectivity index (χ2n) is 8.01. The van der Waals surface area contributed by atoms with Crippen molar-refractivity contribution in [1.82, 2.24) is 15.3 Å². The fraction of sp³-hybridized carbons (Fsp3) is 0.208. The van der Waals surface area contributed by atoms with E-state index in [-0.39, 0.29) is 0 Å². The lowest BCUT2D eigenvalue weighted by atomic mass is 10.0. The molecule has 0 bridgehead atoms. The number of anilines is 1. The van der Waals surface area contributed by atoms with Crippen molar-refractivity contribution < 1.29 is 4.74 Å². The van der Waals surface area contributed by atoms with Gasteiger partial charge in [0.25, 0.3) is 0 Å². The van der Waals surface area contributed by atoms with Gasteiger partial charge in [-0.25, -0.2) is 0 Å². The summed E-state index contributed by atoms with van der Waals surface area (Å²) < 4.78 is 5.37. The van der Waals surface area contributed by atoms with Crippen LogP contribution in [0.2, 0.25) is 0 Å². The molecule has 0 saturated carbocycles. The number of H-pyrrole nitrogens is 2. The van der Waals surface area contributed by atoms with Gasteiger partial charge in [-0.1, -0.05) is 0 Å². The van der Waals surface area contributed by atoms with Crippen LogP contribution in [0.1, 0.15) is 17.7 Å². The lowest BCUT2D eigenvalue weighted by Gasteiger charge is -2.31. The minimum Gasteiger partial charge on any atom is -0.497 e. The standard InChI is InChI=1S/C24H26N6O/c1-15-11-17-12-18(3-5-21(17)28-15)29-23-8-10-27-24(25,30-23)9-7-16-14-26-22-6-4-19(31-2)13-20(16)22/h3-6,8,10-14,26,28-30H,7,9,25H2,1-2H3. The van der Waals surface area contributed by atoms with Crippen molar-refractivity contribution in [3.8, 4) is 5.75 Å².